The van der Waals surface area contributed by atoms with Crippen LogP contribution in [0.25, 0.3) is 0 Å². The van der Waals surface area contributed by atoms with Crippen LogP contribution in [-0.2, 0) is 11.3 Å². The minimum Gasteiger partial charge on any atom is -0.481 e. The molecule has 1 heterocycles. The van der Waals surface area contributed by atoms with E-state index in [1.54, 1.807) is 11.1 Å². The van der Waals surface area contributed by atoms with Crippen molar-refractivity contribution in [3.05, 3.63) is 41.8 Å². The van der Waals surface area contributed by atoms with Gasteiger partial charge >= 0.3 is 5.97 Å². The number of nitrogens with zero attached hydrogens (tertiary/aromatic N) is 1. The van der Waals surface area contributed by atoms with Crippen molar-refractivity contribution in [2.24, 2.45) is 0 Å². The summed E-state index contributed by atoms with van der Waals surface area (Å²) in [6.07, 6.45) is 1.77. The Bertz CT molecular complexity index is 372. The van der Waals surface area contributed by atoms with Crippen molar-refractivity contribution >= 4 is 15.4 Å². The first-order chi connectivity index (χ1) is 6.68. The van der Waals surface area contributed by atoms with Crippen molar-refractivity contribution in [2.45, 2.75) is 12.6 Å². The zero-order valence-electron chi connectivity index (χ0n) is 8.26. The predicted molar refractivity (Wildman–Crippen MR) is 56.5 cm³/mol. The van der Waals surface area contributed by atoms with Gasteiger partial charge in [-0.25, -0.2) is 0 Å². The summed E-state index contributed by atoms with van der Waals surface area (Å²) < 4.78 is 1.74. The molecule has 0 spiro atoms. The van der Waals surface area contributed by atoms with Crippen LogP contribution < -0.4 is 0 Å². The number of carbonyl (C=O) groups is 1. The maximum absolute atomic E-state index is 10.9. The van der Waals surface area contributed by atoms with Gasteiger partial charge in [-0.3, -0.25) is 9.46 Å². The van der Waals surface area contributed by atoms with E-state index in [1.165, 1.54) is 5.56 Å². The van der Waals surface area contributed by atoms with E-state index in [0.717, 1.165) is 5.56 Å². The summed E-state index contributed by atoms with van der Waals surface area (Å²) in [7, 11) is 2.46. The molecule has 0 saturated heterocycles. The fraction of sp³-hybridized carbons (Fsp3) is 0.200. The Morgan fingerprint density at radius 2 is 2.20 bits per heavy atom. The Morgan fingerprint density at radius 3 is 2.87 bits per heavy atom. The summed E-state index contributed by atoms with van der Waals surface area (Å²) in [6, 6.07) is 7.32. The second kappa shape index (κ2) is 3.99. The molecule has 1 aliphatic heterocycles. The van der Waals surface area contributed by atoms with Crippen LogP contribution >= 0.6 is 9.39 Å². The zero-order chi connectivity index (χ0) is 10.1. The standard InChI is InChI=1S/C10H11NO2P.Rf/c12-10(13)9-5-7-3-1-2-4-8(7)6-11(9)14;/h1-5,9H,6,14H2,(H,12,13);/q-1;. The van der Waals surface area contributed by atoms with Gasteiger partial charge in [-0.15, -0.1) is 17.7 Å². The third-order valence-corrected chi connectivity index (χ3v) is 2.86. The van der Waals surface area contributed by atoms with Gasteiger partial charge in [-0.05, 0) is 6.54 Å². The number of benzene rings is 1. The molecule has 1 aromatic rings. The summed E-state index contributed by atoms with van der Waals surface area (Å²) in [5.74, 6) is -0.811. The van der Waals surface area contributed by atoms with Gasteiger partial charge in [0.1, 0.15) is 0 Å². The summed E-state index contributed by atoms with van der Waals surface area (Å²) in [6.45, 7) is 0.661. The third-order valence-electron chi connectivity index (χ3n) is 2.36. The molecule has 2 rings (SSSR count). The van der Waals surface area contributed by atoms with Gasteiger partial charge in [0.25, 0.3) is 0 Å². The summed E-state index contributed by atoms with van der Waals surface area (Å²) >= 11 is 0. The molecule has 2 unspecified atom stereocenters. The largest absolute Gasteiger partial charge is 0.481 e. The fourth-order valence-corrected chi connectivity index (χ4v) is 2.03. The van der Waals surface area contributed by atoms with Gasteiger partial charge in [0.15, 0.2) is 0 Å². The van der Waals surface area contributed by atoms with Crippen LogP contribution in [0.2, 0.25) is 0 Å². The molecule has 15 heavy (non-hydrogen) atoms. The molecule has 5 heteroatoms. The van der Waals surface area contributed by atoms with Crippen molar-refractivity contribution in [2.75, 3.05) is 0 Å². The van der Waals surface area contributed by atoms with Crippen LogP contribution in [0.4, 0.5) is 0 Å². The van der Waals surface area contributed by atoms with Crippen molar-refractivity contribution in [3.8, 4) is 0 Å². The quantitative estimate of drug-likeness (QED) is 0.492. The Balaban J connectivity index is 0.00000112. The second-order valence-electron chi connectivity index (χ2n) is 3.32. The molecule has 0 aromatic heterocycles. The molecule has 1 N–H and O–H groups in total. The number of hydrogen-bond acceptors (Lipinski definition) is 2. The number of carboxylic acid groups (broad SMARTS) is 1. The van der Waals surface area contributed by atoms with Crippen molar-refractivity contribution in [1.82, 2.24) is 4.67 Å². The number of hydrogen-bond donors (Lipinski definition) is 1. The van der Waals surface area contributed by atoms with E-state index in [-0.39, 0.29) is 0 Å². The van der Waals surface area contributed by atoms with Crippen LogP contribution in [0, 0.1) is 6.42 Å². The molecule has 0 saturated carbocycles. The third kappa shape index (κ3) is 1.90. The first-order valence-electron chi connectivity index (χ1n) is 4.35. The summed E-state index contributed by atoms with van der Waals surface area (Å²) in [4.78, 5) is 10.9. The molecule has 0 fully saturated rings. The maximum Gasteiger partial charge on any atom is 0.313 e. The SMILES string of the molecule is O=C(O)C1[CH-]c2ccccc2CN1P.[Rf]. The molecule has 0 aliphatic carbocycles. The topological polar surface area (TPSA) is 40.5 Å². The van der Waals surface area contributed by atoms with Gasteiger partial charge in [0.2, 0.25) is 0 Å². The molecule has 2 atom stereocenters. The molecule has 1 aromatic carbocycles. The number of carboxylic acids is 1. The van der Waals surface area contributed by atoms with E-state index < -0.39 is 12.0 Å². The Kier molecular flexibility index (Phi) is 2.93. The van der Waals surface area contributed by atoms with Crippen molar-refractivity contribution < 1.29 is 9.90 Å². The Hall–Kier alpha value is -2.05. The predicted octanol–water partition coefficient (Wildman–Crippen LogP) is 1.30. The van der Waals surface area contributed by atoms with E-state index in [9.17, 15) is 4.79 Å². The monoisotopic (exact) mass is 475 g/mol. The Labute approximate surface area is 85.0 Å². The summed E-state index contributed by atoms with van der Waals surface area (Å²) in [5, 5.41) is 8.95. The molecular formula is C10H11NO2PRf-. The van der Waals surface area contributed by atoms with Gasteiger partial charge in [-0.1, -0.05) is 15.5 Å². The van der Waals surface area contributed by atoms with E-state index >= 15 is 0 Å². The molecule has 3 nitrogen and oxygen atoms in total. The van der Waals surface area contributed by atoms with Gasteiger partial charge in [0, 0.05) is 0 Å². The first kappa shape index (κ1) is 11.0. The van der Waals surface area contributed by atoms with E-state index in [2.05, 4.69) is 9.39 Å². The van der Waals surface area contributed by atoms with Crippen molar-refractivity contribution in [3.63, 3.8) is 0 Å². The average molecular weight is 475 g/mol. The fourth-order valence-electron chi connectivity index (χ4n) is 1.61. The summed E-state index contributed by atoms with van der Waals surface area (Å²) in [5.41, 5.74) is 2.19. The number of rotatable bonds is 1. The minimum atomic E-state index is -0.811. The van der Waals surface area contributed by atoms with Crippen LogP contribution in [0.5, 0.6) is 0 Å². The van der Waals surface area contributed by atoms with Crippen LogP contribution in [0.3, 0.4) is 0 Å². The Morgan fingerprint density at radius 1 is 1.53 bits per heavy atom. The van der Waals surface area contributed by atoms with Crippen LogP contribution in [-0.4, -0.2) is 21.8 Å². The van der Waals surface area contributed by atoms with Crippen molar-refractivity contribution in [1.29, 1.82) is 0 Å². The average Bonchev–Trinajstić information content (AvgIpc) is 2.16. The normalized spacial score (nSPS) is 19.7. The second-order valence-corrected chi connectivity index (χ2v) is 3.98. The number of aliphatic carboxylic acids is 1. The zero-order valence-corrected chi connectivity index (χ0v) is 15.8. The minimum absolute atomic E-state index is 0. The van der Waals surface area contributed by atoms with Crippen LogP contribution in [0.1, 0.15) is 11.1 Å². The van der Waals surface area contributed by atoms with Gasteiger partial charge in [0.05, 0.1) is 6.04 Å². The van der Waals surface area contributed by atoms with E-state index in [4.69, 9.17) is 5.11 Å². The molecule has 0 radical (unpaired) electrons. The molecule has 76 valence electrons. The molecular weight excluding hydrogens is 464 g/mol. The van der Waals surface area contributed by atoms with Crippen LogP contribution in [0.15, 0.2) is 24.3 Å². The molecule has 0 amide bonds. The van der Waals surface area contributed by atoms with Gasteiger partial charge < -0.3 is 5.11 Å². The molecule has 1 aliphatic rings. The number of fused-ring (bicyclic) bond motifs is 1. The smallest absolute Gasteiger partial charge is 0.313 e. The molecule has 0 bridgehead atoms. The van der Waals surface area contributed by atoms with Gasteiger partial charge in [-0.2, -0.15) is 18.1 Å². The van der Waals surface area contributed by atoms with E-state index in [0.29, 0.717) is 6.54 Å². The van der Waals surface area contributed by atoms with E-state index in [1.807, 2.05) is 24.3 Å². The maximum atomic E-state index is 10.9. The first-order valence-corrected chi connectivity index (χ1v) is 4.87.